The van der Waals surface area contributed by atoms with Crippen LogP contribution >= 0.6 is 0 Å². The Morgan fingerprint density at radius 2 is 2.15 bits per heavy atom. The number of rotatable bonds is 4. The fourth-order valence-electron chi connectivity index (χ4n) is 1.82. The first-order chi connectivity index (χ1) is 9.36. The lowest BCUT2D eigenvalue weighted by Crippen LogP contribution is -2.43. The molecule has 1 amide bonds. The standard InChI is InChI=1S/C11H15N5O3S/c1-7(10(17)13-2)15-20(18,19)11-9(12)14-8-5-3-4-6-16(8)11/h3-7,15H,12H2,1-2H3,(H,13,17). The first-order valence-electron chi connectivity index (χ1n) is 5.83. The summed E-state index contributed by atoms with van der Waals surface area (Å²) in [6, 6.07) is 4.10. The predicted octanol–water partition coefficient (Wildman–Crippen LogP) is -0.671. The van der Waals surface area contributed by atoms with E-state index in [4.69, 9.17) is 5.73 Å². The molecule has 2 aromatic heterocycles. The van der Waals surface area contributed by atoms with Crippen LogP contribution in [0.5, 0.6) is 0 Å². The van der Waals surface area contributed by atoms with Gasteiger partial charge in [-0.15, -0.1) is 0 Å². The topological polar surface area (TPSA) is 119 Å². The number of amides is 1. The highest BCUT2D eigenvalue weighted by Gasteiger charge is 2.27. The highest BCUT2D eigenvalue weighted by atomic mass is 32.2. The normalized spacial score (nSPS) is 13.3. The molecule has 20 heavy (non-hydrogen) atoms. The molecule has 0 saturated carbocycles. The molecule has 4 N–H and O–H groups in total. The zero-order valence-electron chi connectivity index (χ0n) is 11.0. The number of nitrogen functional groups attached to an aromatic ring is 1. The highest BCUT2D eigenvalue weighted by molar-refractivity contribution is 7.89. The van der Waals surface area contributed by atoms with Crippen molar-refractivity contribution in [2.24, 2.45) is 0 Å². The van der Waals surface area contributed by atoms with Gasteiger partial charge in [-0.3, -0.25) is 9.20 Å². The number of nitrogens with two attached hydrogens (primary N) is 1. The average Bonchev–Trinajstić information content (AvgIpc) is 2.73. The van der Waals surface area contributed by atoms with Crippen LogP contribution in [-0.4, -0.2) is 36.8 Å². The fraction of sp³-hybridized carbons (Fsp3) is 0.273. The van der Waals surface area contributed by atoms with Gasteiger partial charge in [0.1, 0.15) is 5.65 Å². The third-order valence-electron chi connectivity index (χ3n) is 2.74. The number of carbonyl (C=O) groups excluding carboxylic acids is 1. The molecule has 0 saturated heterocycles. The van der Waals surface area contributed by atoms with Gasteiger partial charge in [-0.05, 0) is 19.1 Å². The van der Waals surface area contributed by atoms with Gasteiger partial charge in [0.2, 0.25) is 5.91 Å². The van der Waals surface area contributed by atoms with E-state index in [2.05, 4.69) is 15.0 Å². The van der Waals surface area contributed by atoms with E-state index in [1.165, 1.54) is 24.6 Å². The minimum Gasteiger partial charge on any atom is -0.381 e. The first-order valence-corrected chi connectivity index (χ1v) is 7.31. The minimum atomic E-state index is -3.96. The van der Waals surface area contributed by atoms with Crippen LogP contribution in [0.1, 0.15) is 6.92 Å². The summed E-state index contributed by atoms with van der Waals surface area (Å²) in [6.45, 7) is 1.44. The smallest absolute Gasteiger partial charge is 0.261 e. The van der Waals surface area contributed by atoms with Crippen LogP contribution in [-0.2, 0) is 14.8 Å². The van der Waals surface area contributed by atoms with Gasteiger partial charge in [0, 0.05) is 13.2 Å². The molecule has 108 valence electrons. The number of nitrogens with one attached hydrogen (secondary N) is 2. The van der Waals surface area contributed by atoms with E-state index in [0.717, 1.165) is 0 Å². The summed E-state index contributed by atoms with van der Waals surface area (Å²) in [5.74, 6) is -0.561. The quantitative estimate of drug-likeness (QED) is 0.691. The van der Waals surface area contributed by atoms with Crippen molar-refractivity contribution >= 4 is 27.4 Å². The Hall–Kier alpha value is -2.13. The second-order valence-electron chi connectivity index (χ2n) is 4.19. The van der Waals surface area contributed by atoms with Gasteiger partial charge in [-0.1, -0.05) is 6.07 Å². The van der Waals surface area contributed by atoms with E-state index in [9.17, 15) is 13.2 Å². The summed E-state index contributed by atoms with van der Waals surface area (Å²) in [5.41, 5.74) is 6.09. The van der Waals surface area contributed by atoms with Gasteiger partial charge >= 0.3 is 0 Å². The minimum absolute atomic E-state index is 0.118. The molecule has 2 rings (SSSR count). The first kappa shape index (κ1) is 14.3. The molecule has 8 nitrogen and oxygen atoms in total. The zero-order valence-corrected chi connectivity index (χ0v) is 11.8. The summed E-state index contributed by atoms with van der Waals surface area (Å²) in [5, 5.41) is 2.19. The number of carbonyl (C=O) groups is 1. The van der Waals surface area contributed by atoms with E-state index in [0.29, 0.717) is 5.65 Å². The maximum atomic E-state index is 12.3. The molecule has 0 bridgehead atoms. The van der Waals surface area contributed by atoms with Gasteiger partial charge in [0.05, 0.1) is 6.04 Å². The van der Waals surface area contributed by atoms with E-state index in [1.54, 1.807) is 18.2 Å². The monoisotopic (exact) mass is 297 g/mol. The lowest BCUT2D eigenvalue weighted by Gasteiger charge is -2.12. The van der Waals surface area contributed by atoms with Gasteiger partial charge in [0.25, 0.3) is 10.0 Å². The molecule has 1 unspecified atom stereocenters. The molecule has 1 atom stereocenters. The van der Waals surface area contributed by atoms with Crippen LogP contribution in [0.15, 0.2) is 29.4 Å². The molecule has 0 aromatic carbocycles. The summed E-state index contributed by atoms with van der Waals surface area (Å²) < 4.78 is 28.3. The number of hydrogen-bond donors (Lipinski definition) is 3. The van der Waals surface area contributed by atoms with Crippen molar-refractivity contribution in [2.75, 3.05) is 12.8 Å². The third-order valence-corrected chi connectivity index (χ3v) is 4.32. The molecule has 9 heteroatoms. The lowest BCUT2D eigenvalue weighted by molar-refractivity contribution is -0.121. The number of hydrogen-bond acceptors (Lipinski definition) is 5. The maximum absolute atomic E-state index is 12.3. The number of pyridine rings is 1. The summed E-state index contributed by atoms with van der Waals surface area (Å²) in [7, 11) is -2.54. The summed E-state index contributed by atoms with van der Waals surface area (Å²) in [4.78, 5) is 15.4. The summed E-state index contributed by atoms with van der Waals surface area (Å²) in [6.07, 6.45) is 1.54. The number of fused-ring (bicyclic) bond motifs is 1. The molecular formula is C11H15N5O3S. The molecule has 2 aromatic rings. The largest absolute Gasteiger partial charge is 0.381 e. The highest BCUT2D eigenvalue weighted by Crippen LogP contribution is 2.19. The maximum Gasteiger partial charge on any atom is 0.261 e. The van der Waals surface area contributed by atoms with Crippen molar-refractivity contribution in [3.63, 3.8) is 0 Å². The van der Waals surface area contributed by atoms with Crippen LogP contribution in [0.2, 0.25) is 0 Å². The number of nitrogens with zero attached hydrogens (tertiary/aromatic N) is 2. The van der Waals surface area contributed by atoms with Gasteiger partial charge in [-0.25, -0.2) is 13.4 Å². The Bertz CT molecular complexity index is 753. The van der Waals surface area contributed by atoms with Crippen molar-refractivity contribution in [3.05, 3.63) is 24.4 Å². The van der Waals surface area contributed by atoms with Crippen molar-refractivity contribution in [2.45, 2.75) is 18.0 Å². The molecule has 2 heterocycles. The van der Waals surface area contributed by atoms with Gasteiger partial charge in [-0.2, -0.15) is 4.72 Å². The van der Waals surface area contributed by atoms with E-state index in [1.807, 2.05) is 0 Å². The van der Waals surface area contributed by atoms with Crippen LogP contribution in [0.25, 0.3) is 5.65 Å². The molecule has 0 spiro atoms. The Morgan fingerprint density at radius 1 is 1.45 bits per heavy atom. The fourth-order valence-corrected chi connectivity index (χ4v) is 3.24. The molecule has 0 fully saturated rings. The number of anilines is 1. The Morgan fingerprint density at radius 3 is 2.80 bits per heavy atom. The number of likely N-dealkylation sites (N-methyl/N-ethyl adjacent to an activating group) is 1. The molecule has 0 aliphatic heterocycles. The SMILES string of the molecule is CNC(=O)C(C)NS(=O)(=O)c1c(N)nc2ccccn12. The second kappa shape index (κ2) is 5.10. The van der Waals surface area contributed by atoms with Crippen LogP contribution in [0, 0.1) is 0 Å². The second-order valence-corrected chi connectivity index (χ2v) is 5.82. The van der Waals surface area contributed by atoms with Crippen LogP contribution < -0.4 is 15.8 Å². The number of aromatic nitrogens is 2. The average molecular weight is 297 g/mol. The molecule has 0 aliphatic rings. The van der Waals surface area contributed by atoms with Crippen molar-refractivity contribution in [1.82, 2.24) is 19.4 Å². The zero-order chi connectivity index (χ0) is 14.9. The predicted molar refractivity (Wildman–Crippen MR) is 73.5 cm³/mol. The van der Waals surface area contributed by atoms with Crippen LogP contribution in [0.4, 0.5) is 5.82 Å². The van der Waals surface area contributed by atoms with Crippen molar-refractivity contribution in [1.29, 1.82) is 0 Å². The van der Waals surface area contributed by atoms with Gasteiger partial charge < -0.3 is 11.1 Å². The van der Waals surface area contributed by atoms with Crippen molar-refractivity contribution in [3.8, 4) is 0 Å². The molecule has 0 aliphatic carbocycles. The Kier molecular flexibility index (Phi) is 3.64. The summed E-state index contributed by atoms with van der Waals surface area (Å²) >= 11 is 0. The van der Waals surface area contributed by atoms with Gasteiger partial charge in [0.15, 0.2) is 10.8 Å². The van der Waals surface area contributed by atoms with Crippen LogP contribution in [0.3, 0.4) is 0 Å². The number of sulfonamides is 1. The van der Waals surface area contributed by atoms with Crippen molar-refractivity contribution < 1.29 is 13.2 Å². The molecular weight excluding hydrogens is 282 g/mol. The van der Waals surface area contributed by atoms with E-state index >= 15 is 0 Å². The third kappa shape index (κ3) is 2.45. The van der Waals surface area contributed by atoms with E-state index in [-0.39, 0.29) is 10.8 Å². The Balaban J connectivity index is 2.47. The Labute approximate surface area is 116 Å². The lowest BCUT2D eigenvalue weighted by atomic mass is 10.3. The number of imidazole rings is 1. The molecule has 0 radical (unpaired) electrons. The van der Waals surface area contributed by atoms with E-state index < -0.39 is 22.0 Å².